The SMILES string of the molecule is CC(C)C1C(=O)NC(C2CC2)C(=O)N1C1CCCC1C. The van der Waals surface area contributed by atoms with Gasteiger partial charge in [0.15, 0.2) is 0 Å². The highest BCUT2D eigenvalue weighted by Gasteiger charge is 2.50. The summed E-state index contributed by atoms with van der Waals surface area (Å²) in [5.41, 5.74) is 0. The molecule has 1 heterocycles. The molecule has 0 aromatic heterocycles. The van der Waals surface area contributed by atoms with E-state index >= 15 is 0 Å². The zero-order valence-electron chi connectivity index (χ0n) is 12.8. The maximum absolute atomic E-state index is 12.9. The van der Waals surface area contributed by atoms with Gasteiger partial charge in [-0.2, -0.15) is 0 Å². The van der Waals surface area contributed by atoms with Crippen molar-refractivity contribution >= 4 is 11.8 Å². The molecule has 20 heavy (non-hydrogen) atoms. The second kappa shape index (κ2) is 5.05. The first-order chi connectivity index (χ1) is 9.50. The Morgan fingerprint density at radius 3 is 2.35 bits per heavy atom. The van der Waals surface area contributed by atoms with Crippen molar-refractivity contribution in [3.05, 3.63) is 0 Å². The van der Waals surface area contributed by atoms with Gasteiger partial charge in [0.2, 0.25) is 11.8 Å². The molecule has 0 aromatic carbocycles. The number of carbonyl (C=O) groups is 2. The van der Waals surface area contributed by atoms with Crippen LogP contribution in [0.3, 0.4) is 0 Å². The van der Waals surface area contributed by atoms with Crippen molar-refractivity contribution in [1.29, 1.82) is 0 Å². The quantitative estimate of drug-likeness (QED) is 0.857. The number of hydrogen-bond donors (Lipinski definition) is 1. The van der Waals surface area contributed by atoms with Crippen molar-refractivity contribution in [2.45, 2.75) is 71.0 Å². The molecule has 2 saturated carbocycles. The molecule has 112 valence electrons. The number of nitrogens with zero attached hydrogens (tertiary/aromatic N) is 1. The van der Waals surface area contributed by atoms with Gasteiger partial charge in [0, 0.05) is 6.04 Å². The molecule has 3 fully saturated rings. The average molecular weight is 278 g/mol. The largest absolute Gasteiger partial charge is 0.342 e. The van der Waals surface area contributed by atoms with Crippen LogP contribution >= 0.6 is 0 Å². The zero-order chi connectivity index (χ0) is 14.4. The minimum absolute atomic E-state index is 0.0654. The van der Waals surface area contributed by atoms with E-state index in [0.29, 0.717) is 11.8 Å². The molecule has 3 rings (SSSR count). The maximum Gasteiger partial charge on any atom is 0.246 e. The van der Waals surface area contributed by atoms with Crippen LogP contribution in [0.4, 0.5) is 0 Å². The van der Waals surface area contributed by atoms with Gasteiger partial charge in [0.05, 0.1) is 0 Å². The summed E-state index contributed by atoms with van der Waals surface area (Å²) in [7, 11) is 0. The van der Waals surface area contributed by atoms with Gasteiger partial charge in [-0.15, -0.1) is 0 Å². The van der Waals surface area contributed by atoms with Crippen LogP contribution < -0.4 is 5.32 Å². The van der Waals surface area contributed by atoms with Crippen molar-refractivity contribution < 1.29 is 9.59 Å². The van der Waals surface area contributed by atoms with Crippen molar-refractivity contribution in [1.82, 2.24) is 10.2 Å². The van der Waals surface area contributed by atoms with Gasteiger partial charge in [-0.25, -0.2) is 0 Å². The van der Waals surface area contributed by atoms with E-state index in [-0.39, 0.29) is 35.9 Å². The molecule has 2 aliphatic carbocycles. The predicted octanol–water partition coefficient (Wildman–Crippen LogP) is 1.94. The molecule has 0 bridgehead atoms. The number of hydrogen-bond acceptors (Lipinski definition) is 2. The molecule has 4 heteroatoms. The Hall–Kier alpha value is -1.06. The number of amides is 2. The molecule has 1 N–H and O–H groups in total. The van der Waals surface area contributed by atoms with Crippen LogP contribution in [0.5, 0.6) is 0 Å². The fraction of sp³-hybridized carbons (Fsp3) is 0.875. The maximum atomic E-state index is 12.9. The van der Waals surface area contributed by atoms with E-state index in [0.717, 1.165) is 19.3 Å². The summed E-state index contributed by atoms with van der Waals surface area (Å²) < 4.78 is 0. The number of piperazine rings is 1. The van der Waals surface area contributed by atoms with Crippen molar-refractivity contribution in [3.63, 3.8) is 0 Å². The highest BCUT2D eigenvalue weighted by molar-refractivity contribution is 5.97. The third-order valence-corrected chi connectivity index (χ3v) is 5.29. The van der Waals surface area contributed by atoms with Crippen molar-refractivity contribution in [3.8, 4) is 0 Å². The Morgan fingerprint density at radius 1 is 1.15 bits per heavy atom. The Balaban J connectivity index is 1.90. The lowest BCUT2D eigenvalue weighted by Crippen LogP contribution is -2.68. The molecular formula is C16H26N2O2. The van der Waals surface area contributed by atoms with Gasteiger partial charge >= 0.3 is 0 Å². The lowest BCUT2D eigenvalue weighted by Gasteiger charge is -2.45. The van der Waals surface area contributed by atoms with Crippen LogP contribution in [0.1, 0.15) is 52.9 Å². The molecule has 4 nitrogen and oxygen atoms in total. The van der Waals surface area contributed by atoms with E-state index < -0.39 is 0 Å². The van der Waals surface area contributed by atoms with Gasteiger partial charge in [-0.05, 0) is 43.4 Å². The Labute approximate surface area is 121 Å². The summed E-state index contributed by atoms with van der Waals surface area (Å²) in [5.74, 6) is 1.33. The van der Waals surface area contributed by atoms with Gasteiger partial charge < -0.3 is 10.2 Å². The smallest absolute Gasteiger partial charge is 0.246 e. The molecule has 4 unspecified atom stereocenters. The minimum Gasteiger partial charge on any atom is -0.342 e. The van der Waals surface area contributed by atoms with Crippen LogP contribution in [0.2, 0.25) is 0 Å². The van der Waals surface area contributed by atoms with Crippen molar-refractivity contribution in [2.75, 3.05) is 0 Å². The van der Waals surface area contributed by atoms with E-state index in [1.54, 1.807) is 0 Å². The summed E-state index contributed by atoms with van der Waals surface area (Å²) in [6.45, 7) is 6.31. The predicted molar refractivity (Wildman–Crippen MR) is 76.9 cm³/mol. The van der Waals surface area contributed by atoms with Gasteiger partial charge in [-0.3, -0.25) is 9.59 Å². The highest BCUT2D eigenvalue weighted by atomic mass is 16.2. The molecule has 2 amide bonds. The first kappa shape index (κ1) is 13.9. The molecule has 0 aromatic rings. The lowest BCUT2D eigenvalue weighted by atomic mass is 9.91. The molecular weight excluding hydrogens is 252 g/mol. The Morgan fingerprint density at radius 2 is 1.85 bits per heavy atom. The van der Waals surface area contributed by atoms with Gasteiger partial charge in [0.25, 0.3) is 0 Å². The normalized spacial score (nSPS) is 38.5. The highest BCUT2D eigenvalue weighted by Crippen LogP contribution is 2.39. The second-order valence-corrected chi connectivity index (χ2v) is 7.23. The molecule has 4 atom stereocenters. The standard InChI is InChI=1S/C16H26N2O2/c1-9(2)14-15(19)17-13(11-7-8-11)16(20)18(14)12-6-4-5-10(12)3/h9-14H,4-8H2,1-3H3,(H,17,19). The van der Waals surface area contributed by atoms with E-state index in [4.69, 9.17) is 0 Å². The summed E-state index contributed by atoms with van der Waals surface area (Å²) in [4.78, 5) is 27.4. The van der Waals surface area contributed by atoms with E-state index in [9.17, 15) is 9.59 Å². The Bertz CT molecular complexity index is 417. The van der Waals surface area contributed by atoms with Crippen LogP contribution in [0, 0.1) is 17.8 Å². The topological polar surface area (TPSA) is 49.4 Å². The molecule has 3 aliphatic rings. The first-order valence-corrected chi connectivity index (χ1v) is 8.13. The van der Waals surface area contributed by atoms with E-state index in [2.05, 4.69) is 12.2 Å². The molecule has 0 spiro atoms. The monoisotopic (exact) mass is 278 g/mol. The third kappa shape index (κ3) is 2.23. The number of nitrogens with one attached hydrogen (secondary N) is 1. The van der Waals surface area contributed by atoms with Crippen molar-refractivity contribution in [2.24, 2.45) is 17.8 Å². The first-order valence-electron chi connectivity index (χ1n) is 8.13. The summed E-state index contributed by atoms with van der Waals surface area (Å²) in [6.07, 6.45) is 5.57. The summed E-state index contributed by atoms with van der Waals surface area (Å²) in [5, 5.41) is 3.00. The van der Waals surface area contributed by atoms with Crippen LogP contribution in [0.25, 0.3) is 0 Å². The minimum atomic E-state index is -0.275. The van der Waals surface area contributed by atoms with E-state index in [1.807, 2.05) is 18.7 Å². The number of carbonyl (C=O) groups excluding carboxylic acids is 2. The zero-order valence-corrected chi connectivity index (χ0v) is 12.8. The fourth-order valence-electron chi connectivity index (χ4n) is 4.01. The summed E-state index contributed by atoms with van der Waals surface area (Å²) in [6, 6.07) is -0.254. The fourth-order valence-corrected chi connectivity index (χ4v) is 4.01. The van der Waals surface area contributed by atoms with Crippen LogP contribution in [-0.2, 0) is 9.59 Å². The lowest BCUT2D eigenvalue weighted by molar-refractivity contribution is -0.155. The third-order valence-electron chi connectivity index (χ3n) is 5.29. The number of rotatable bonds is 3. The van der Waals surface area contributed by atoms with E-state index in [1.165, 1.54) is 12.8 Å². The summed E-state index contributed by atoms with van der Waals surface area (Å²) >= 11 is 0. The van der Waals surface area contributed by atoms with Crippen LogP contribution in [0.15, 0.2) is 0 Å². The average Bonchev–Trinajstić information content (AvgIpc) is 3.14. The van der Waals surface area contributed by atoms with Gasteiger partial charge in [0.1, 0.15) is 12.1 Å². The molecule has 1 saturated heterocycles. The van der Waals surface area contributed by atoms with Crippen LogP contribution in [-0.4, -0.2) is 34.8 Å². The second-order valence-electron chi connectivity index (χ2n) is 7.23. The van der Waals surface area contributed by atoms with Gasteiger partial charge in [-0.1, -0.05) is 27.2 Å². The molecule has 1 aliphatic heterocycles. The Kier molecular flexibility index (Phi) is 3.51. The molecule has 0 radical (unpaired) electrons.